The van der Waals surface area contributed by atoms with E-state index in [1.165, 1.54) is 25.5 Å². The van der Waals surface area contributed by atoms with Crippen molar-refractivity contribution >= 4 is 16.9 Å². The second kappa shape index (κ2) is 9.24. The Morgan fingerprint density at radius 3 is 2.72 bits per heavy atom. The van der Waals surface area contributed by atoms with Gasteiger partial charge >= 0.3 is 0 Å². The Bertz CT molecular complexity index is 1150. The number of para-hydroxylation sites is 1. The molecule has 3 aromatic rings. The number of nitrogen functional groups attached to an aromatic ring is 1. The van der Waals surface area contributed by atoms with Gasteiger partial charge in [-0.15, -0.1) is 0 Å². The molecule has 5 N–H and O–H groups in total. The molecule has 1 fully saturated rings. The Balaban J connectivity index is 1.50. The van der Waals surface area contributed by atoms with Crippen LogP contribution < -0.4 is 11.3 Å². The molecular weight excluding hydrogens is 402 g/mol. The van der Waals surface area contributed by atoms with Gasteiger partial charge in [0.05, 0.1) is 22.9 Å². The first-order valence-corrected chi connectivity index (χ1v) is 11.5. The maximum absolute atomic E-state index is 12.8. The van der Waals surface area contributed by atoms with Crippen molar-refractivity contribution in [1.29, 1.82) is 5.41 Å². The molecule has 3 unspecified atom stereocenters. The number of hydrogen-bond acceptors (Lipinski definition) is 5. The van der Waals surface area contributed by atoms with E-state index in [0.29, 0.717) is 23.8 Å². The number of fused-ring (bicyclic) bond motifs is 1. The minimum absolute atomic E-state index is 0.182. The van der Waals surface area contributed by atoms with Crippen LogP contribution >= 0.6 is 0 Å². The molecule has 4 rings (SSSR count). The lowest BCUT2D eigenvalue weighted by Crippen LogP contribution is -2.48. The number of nitrogens with zero attached hydrogens (tertiary/aromatic N) is 3. The minimum atomic E-state index is -0.284. The summed E-state index contributed by atoms with van der Waals surface area (Å²) in [5.41, 5.74) is 8.51. The smallest absolute Gasteiger partial charge is 0.276 e. The summed E-state index contributed by atoms with van der Waals surface area (Å²) in [5.74, 6) is 0.0415. The van der Waals surface area contributed by atoms with Crippen molar-refractivity contribution < 1.29 is 0 Å². The zero-order valence-corrected chi connectivity index (χ0v) is 19.1. The number of likely N-dealkylation sites (tertiary alicyclic amines) is 1. The van der Waals surface area contributed by atoms with Crippen LogP contribution in [0.1, 0.15) is 64.3 Å². The van der Waals surface area contributed by atoms with Crippen LogP contribution in [0.4, 0.5) is 0 Å². The number of benzene rings is 1. The molecule has 1 aromatic carbocycles. The molecule has 0 radical (unpaired) electrons. The number of imidazole rings is 1. The Morgan fingerprint density at radius 2 is 2.03 bits per heavy atom. The third-order valence-corrected chi connectivity index (χ3v) is 6.74. The number of amidine groups is 1. The van der Waals surface area contributed by atoms with Crippen molar-refractivity contribution in [3.05, 3.63) is 46.1 Å². The standard InChI is InChI=1S/C24H33N7O/c1-14-7-4-8-15(2)31(14)16(3)9-5-10-17-11-6-12-18-20(17)30-24(32)21(28-18)19-13-27-23(29-19)22(25)26/h6,11-16H,4-5,7-10H2,1-3H3,(H3,25,26)(H,27,29)(H,30,32). The van der Waals surface area contributed by atoms with Gasteiger partial charge in [0.1, 0.15) is 0 Å². The van der Waals surface area contributed by atoms with Gasteiger partial charge in [-0.25, -0.2) is 9.97 Å². The zero-order valence-electron chi connectivity index (χ0n) is 19.1. The number of aromatic amines is 2. The fraction of sp³-hybridized carbons (Fsp3) is 0.500. The van der Waals surface area contributed by atoms with Crippen molar-refractivity contribution in [3.8, 4) is 11.4 Å². The molecule has 170 valence electrons. The molecule has 0 spiro atoms. The second-order valence-electron chi connectivity index (χ2n) is 9.10. The van der Waals surface area contributed by atoms with Gasteiger partial charge in [-0.3, -0.25) is 15.1 Å². The molecule has 3 atom stereocenters. The summed E-state index contributed by atoms with van der Waals surface area (Å²) < 4.78 is 0. The van der Waals surface area contributed by atoms with E-state index in [1.807, 2.05) is 12.1 Å². The molecule has 3 heterocycles. The van der Waals surface area contributed by atoms with Gasteiger partial charge in [0.25, 0.3) is 5.56 Å². The predicted molar refractivity (Wildman–Crippen MR) is 128 cm³/mol. The van der Waals surface area contributed by atoms with Gasteiger partial charge < -0.3 is 15.7 Å². The van der Waals surface area contributed by atoms with Gasteiger partial charge in [0.15, 0.2) is 17.4 Å². The van der Waals surface area contributed by atoms with Gasteiger partial charge in [-0.05, 0) is 64.5 Å². The van der Waals surface area contributed by atoms with Gasteiger partial charge in [0, 0.05) is 18.1 Å². The van der Waals surface area contributed by atoms with E-state index in [9.17, 15) is 4.79 Å². The predicted octanol–water partition coefficient (Wildman–Crippen LogP) is 3.57. The number of nitrogens with one attached hydrogen (secondary N) is 3. The normalized spacial score (nSPS) is 20.5. The SMILES string of the molecule is CC(CCCc1cccc2nc(-c3cnc(C(=N)N)[nH]3)c(=O)[nH]c12)N1C(C)CCCC1C. The average Bonchev–Trinajstić information content (AvgIpc) is 3.24. The first kappa shape index (κ1) is 22.2. The molecule has 0 aliphatic carbocycles. The van der Waals surface area contributed by atoms with E-state index in [1.54, 1.807) is 0 Å². The zero-order chi connectivity index (χ0) is 22.8. The third kappa shape index (κ3) is 4.46. The first-order chi connectivity index (χ1) is 15.3. The number of H-pyrrole nitrogens is 2. The molecule has 0 amide bonds. The number of rotatable bonds is 7. The molecule has 8 nitrogen and oxygen atoms in total. The highest BCUT2D eigenvalue weighted by molar-refractivity contribution is 5.91. The van der Waals surface area contributed by atoms with E-state index in [2.05, 4.69) is 51.7 Å². The molecular formula is C24H33N7O. The summed E-state index contributed by atoms with van der Waals surface area (Å²) in [7, 11) is 0. The van der Waals surface area contributed by atoms with Crippen LogP contribution in [0.15, 0.2) is 29.2 Å². The van der Waals surface area contributed by atoms with Crippen LogP contribution in [0.5, 0.6) is 0 Å². The summed E-state index contributed by atoms with van der Waals surface area (Å²) in [6.45, 7) is 7.05. The number of nitrogens with two attached hydrogens (primary N) is 1. The van der Waals surface area contributed by atoms with Crippen LogP contribution in [-0.4, -0.2) is 48.8 Å². The van der Waals surface area contributed by atoms with Crippen LogP contribution in [0, 0.1) is 5.41 Å². The lowest BCUT2D eigenvalue weighted by atomic mass is 9.93. The molecule has 1 aliphatic heterocycles. The fourth-order valence-corrected chi connectivity index (χ4v) is 5.18. The first-order valence-electron chi connectivity index (χ1n) is 11.5. The molecule has 0 saturated carbocycles. The lowest BCUT2D eigenvalue weighted by Gasteiger charge is -2.43. The fourth-order valence-electron chi connectivity index (χ4n) is 5.18. The minimum Gasteiger partial charge on any atom is -0.381 e. The summed E-state index contributed by atoms with van der Waals surface area (Å²) in [5, 5.41) is 7.48. The van der Waals surface area contributed by atoms with Crippen LogP contribution in [0.25, 0.3) is 22.4 Å². The van der Waals surface area contributed by atoms with Crippen molar-refractivity contribution in [1.82, 2.24) is 24.8 Å². The summed E-state index contributed by atoms with van der Waals surface area (Å²) in [6.07, 6.45) is 8.47. The average molecular weight is 436 g/mol. The Hall–Kier alpha value is -3.00. The quantitative estimate of drug-likeness (QED) is 0.333. The summed E-state index contributed by atoms with van der Waals surface area (Å²) in [6, 6.07) is 7.81. The number of aromatic nitrogens is 4. The maximum Gasteiger partial charge on any atom is 0.276 e. The van der Waals surface area contributed by atoms with Gasteiger partial charge in [-0.2, -0.15) is 0 Å². The van der Waals surface area contributed by atoms with Gasteiger partial charge in [-0.1, -0.05) is 18.6 Å². The second-order valence-corrected chi connectivity index (χ2v) is 9.10. The molecule has 1 saturated heterocycles. The molecule has 0 bridgehead atoms. The third-order valence-electron chi connectivity index (χ3n) is 6.74. The molecule has 1 aliphatic rings. The van der Waals surface area contributed by atoms with E-state index >= 15 is 0 Å². The summed E-state index contributed by atoms with van der Waals surface area (Å²) >= 11 is 0. The van der Waals surface area contributed by atoms with E-state index < -0.39 is 0 Å². The van der Waals surface area contributed by atoms with Crippen LogP contribution in [0.2, 0.25) is 0 Å². The summed E-state index contributed by atoms with van der Waals surface area (Å²) in [4.78, 5) is 30.0. The van der Waals surface area contributed by atoms with E-state index in [4.69, 9.17) is 11.1 Å². The monoisotopic (exact) mass is 435 g/mol. The lowest BCUT2D eigenvalue weighted by molar-refractivity contribution is 0.0580. The number of piperidine rings is 1. The van der Waals surface area contributed by atoms with Crippen molar-refractivity contribution in [2.45, 2.75) is 77.4 Å². The molecule has 2 aromatic heterocycles. The van der Waals surface area contributed by atoms with E-state index in [-0.39, 0.29) is 22.9 Å². The van der Waals surface area contributed by atoms with Crippen molar-refractivity contribution in [2.24, 2.45) is 5.73 Å². The van der Waals surface area contributed by atoms with E-state index in [0.717, 1.165) is 35.9 Å². The number of aryl methyl sites for hydroxylation is 1. The Labute approximate surface area is 188 Å². The highest BCUT2D eigenvalue weighted by atomic mass is 16.1. The molecule has 8 heteroatoms. The van der Waals surface area contributed by atoms with Crippen molar-refractivity contribution in [2.75, 3.05) is 0 Å². The highest BCUT2D eigenvalue weighted by Gasteiger charge is 2.28. The Morgan fingerprint density at radius 1 is 1.28 bits per heavy atom. The van der Waals surface area contributed by atoms with Crippen LogP contribution in [0.3, 0.4) is 0 Å². The largest absolute Gasteiger partial charge is 0.381 e. The number of hydrogen-bond donors (Lipinski definition) is 4. The Kier molecular flexibility index (Phi) is 6.41. The highest BCUT2D eigenvalue weighted by Crippen LogP contribution is 2.27. The molecule has 32 heavy (non-hydrogen) atoms. The van der Waals surface area contributed by atoms with Crippen molar-refractivity contribution in [3.63, 3.8) is 0 Å². The topological polar surface area (TPSA) is 128 Å². The van der Waals surface area contributed by atoms with Crippen LogP contribution in [-0.2, 0) is 6.42 Å². The van der Waals surface area contributed by atoms with Gasteiger partial charge in [0.2, 0.25) is 0 Å². The maximum atomic E-state index is 12.8.